The van der Waals surface area contributed by atoms with Crippen LogP contribution in [0.3, 0.4) is 0 Å². The first-order chi connectivity index (χ1) is 9.97. The van der Waals surface area contributed by atoms with E-state index in [0.29, 0.717) is 33.6 Å². The van der Waals surface area contributed by atoms with Crippen LogP contribution in [0.25, 0.3) is 0 Å². The van der Waals surface area contributed by atoms with Crippen LogP contribution in [0, 0.1) is 5.82 Å². The molecule has 0 radical (unpaired) electrons. The molecule has 0 saturated carbocycles. The topological polar surface area (TPSA) is 21.3 Å². The molecule has 112 valence electrons. The predicted octanol–water partition coefficient (Wildman–Crippen LogP) is 5.53. The third kappa shape index (κ3) is 4.43. The molecule has 0 fully saturated rings. The van der Waals surface area contributed by atoms with Crippen molar-refractivity contribution >= 4 is 27.5 Å². The lowest BCUT2D eigenvalue weighted by Gasteiger charge is -2.15. The fourth-order valence-electron chi connectivity index (χ4n) is 1.79. The van der Waals surface area contributed by atoms with E-state index in [1.165, 1.54) is 12.1 Å². The highest BCUT2D eigenvalue weighted by Crippen LogP contribution is 2.34. The summed E-state index contributed by atoms with van der Waals surface area (Å²) in [5, 5.41) is 3.92. The SMILES string of the molecule is CC(C)NCc1c(Cl)cccc1Oc1cc(F)ccc1Br. The molecule has 0 heterocycles. The molecule has 0 atom stereocenters. The zero-order valence-corrected chi connectivity index (χ0v) is 14.1. The Bertz CT molecular complexity index is 634. The Balaban J connectivity index is 2.31. The van der Waals surface area contributed by atoms with E-state index in [-0.39, 0.29) is 5.82 Å². The molecule has 5 heteroatoms. The van der Waals surface area contributed by atoms with Gasteiger partial charge in [0.2, 0.25) is 0 Å². The largest absolute Gasteiger partial charge is 0.456 e. The van der Waals surface area contributed by atoms with Gasteiger partial charge in [0.05, 0.1) is 4.47 Å². The standard InChI is InChI=1S/C16H16BrClFNO/c1-10(2)20-9-12-14(18)4-3-5-15(12)21-16-8-11(19)6-7-13(16)17/h3-8,10,20H,9H2,1-2H3. The van der Waals surface area contributed by atoms with Gasteiger partial charge in [-0.3, -0.25) is 0 Å². The first kappa shape index (κ1) is 16.3. The average Bonchev–Trinajstić information content (AvgIpc) is 2.42. The Morgan fingerprint density at radius 1 is 1.24 bits per heavy atom. The summed E-state index contributed by atoms with van der Waals surface area (Å²) in [6.45, 7) is 4.70. The first-order valence-corrected chi connectivity index (χ1v) is 7.78. The highest BCUT2D eigenvalue weighted by Gasteiger charge is 2.12. The van der Waals surface area contributed by atoms with Gasteiger partial charge >= 0.3 is 0 Å². The van der Waals surface area contributed by atoms with Crippen molar-refractivity contribution in [3.63, 3.8) is 0 Å². The van der Waals surface area contributed by atoms with Gasteiger partial charge in [-0.25, -0.2) is 4.39 Å². The van der Waals surface area contributed by atoms with E-state index in [1.54, 1.807) is 6.07 Å². The predicted molar refractivity (Wildman–Crippen MR) is 87.6 cm³/mol. The van der Waals surface area contributed by atoms with Crippen LogP contribution < -0.4 is 10.1 Å². The molecule has 0 aliphatic carbocycles. The molecule has 0 aliphatic rings. The number of rotatable bonds is 5. The van der Waals surface area contributed by atoms with Crippen molar-refractivity contribution in [2.75, 3.05) is 0 Å². The van der Waals surface area contributed by atoms with Crippen LogP contribution in [0.5, 0.6) is 11.5 Å². The summed E-state index contributed by atoms with van der Waals surface area (Å²) in [7, 11) is 0. The summed E-state index contributed by atoms with van der Waals surface area (Å²) in [5.74, 6) is 0.682. The molecule has 0 saturated heterocycles. The summed E-state index contributed by atoms with van der Waals surface area (Å²) in [5.41, 5.74) is 0.851. The van der Waals surface area contributed by atoms with Gasteiger partial charge in [0, 0.05) is 29.2 Å². The molecule has 0 amide bonds. The van der Waals surface area contributed by atoms with Gasteiger partial charge in [0.15, 0.2) is 0 Å². The second-order valence-corrected chi connectivity index (χ2v) is 6.19. The number of nitrogens with one attached hydrogen (secondary N) is 1. The van der Waals surface area contributed by atoms with Crippen LogP contribution in [-0.4, -0.2) is 6.04 Å². The summed E-state index contributed by atoms with van der Waals surface area (Å²) in [6.07, 6.45) is 0. The quantitative estimate of drug-likeness (QED) is 0.745. The maximum Gasteiger partial charge on any atom is 0.144 e. The van der Waals surface area contributed by atoms with Crippen LogP contribution in [0.4, 0.5) is 4.39 Å². The molecule has 1 N–H and O–H groups in total. The number of benzene rings is 2. The van der Waals surface area contributed by atoms with E-state index in [2.05, 4.69) is 35.1 Å². The van der Waals surface area contributed by atoms with Crippen molar-refractivity contribution in [3.8, 4) is 11.5 Å². The number of ether oxygens (including phenoxy) is 1. The third-order valence-corrected chi connectivity index (χ3v) is 3.89. The van der Waals surface area contributed by atoms with Crippen LogP contribution in [0.2, 0.25) is 5.02 Å². The lowest BCUT2D eigenvalue weighted by Crippen LogP contribution is -2.22. The van der Waals surface area contributed by atoms with Crippen molar-refractivity contribution in [2.24, 2.45) is 0 Å². The van der Waals surface area contributed by atoms with Crippen molar-refractivity contribution in [1.82, 2.24) is 5.32 Å². The minimum Gasteiger partial charge on any atom is -0.456 e. The van der Waals surface area contributed by atoms with Crippen LogP contribution in [0.15, 0.2) is 40.9 Å². The van der Waals surface area contributed by atoms with E-state index in [1.807, 2.05) is 18.2 Å². The molecule has 2 aromatic carbocycles. The smallest absolute Gasteiger partial charge is 0.144 e. The van der Waals surface area contributed by atoms with E-state index < -0.39 is 0 Å². The molecule has 21 heavy (non-hydrogen) atoms. The zero-order chi connectivity index (χ0) is 15.4. The minimum absolute atomic E-state index is 0.329. The molecule has 2 aromatic rings. The Morgan fingerprint density at radius 2 is 2.00 bits per heavy atom. The van der Waals surface area contributed by atoms with E-state index in [0.717, 1.165) is 5.56 Å². The molecule has 2 nitrogen and oxygen atoms in total. The Morgan fingerprint density at radius 3 is 2.71 bits per heavy atom. The highest BCUT2D eigenvalue weighted by atomic mass is 79.9. The van der Waals surface area contributed by atoms with Gasteiger partial charge in [-0.1, -0.05) is 31.5 Å². The van der Waals surface area contributed by atoms with Crippen molar-refractivity contribution in [1.29, 1.82) is 0 Å². The molecule has 0 unspecified atom stereocenters. The summed E-state index contributed by atoms with van der Waals surface area (Å²) < 4.78 is 19.9. The van der Waals surface area contributed by atoms with Crippen molar-refractivity contribution < 1.29 is 9.13 Å². The zero-order valence-electron chi connectivity index (χ0n) is 11.8. The average molecular weight is 373 g/mol. The van der Waals surface area contributed by atoms with Gasteiger partial charge in [0.1, 0.15) is 17.3 Å². The van der Waals surface area contributed by atoms with Gasteiger partial charge in [0.25, 0.3) is 0 Å². The number of halogens is 3. The van der Waals surface area contributed by atoms with Gasteiger partial charge < -0.3 is 10.1 Å². The number of hydrogen-bond donors (Lipinski definition) is 1. The Hall–Kier alpha value is -1.10. The molecular weight excluding hydrogens is 357 g/mol. The fourth-order valence-corrected chi connectivity index (χ4v) is 2.35. The molecule has 0 bridgehead atoms. The first-order valence-electron chi connectivity index (χ1n) is 6.61. The molecule has 0 aromatic heterocycles. The Labute approximate surface area is 137 Å². The van der Waals surface area contributed by atoms with Crippen molar-refractivity contribution in [2.45, 2.75) is 26.4 Å². The number of hydrogen-bond acceptors (Lipinski definition) is 2. The highest BCUT2D eigenvalue weighted by molar-refractivity contribution is 9.10. The third-order valence-electron chi connectivity index (χ3n) is 2.88. The van der Waals surface area contributed by atoms with Gasteiger partial charge in [-0.2, -0.15) is 0 Å². The monoisotopic (exact) mass is 371 g/mol. The lowest BCUT2D eigenvalue weighted by molar-refractivity contribution is 0.462. The Kier molecular flexibility index (Phi) is 5.62. The normalized spacial score (nSPS) is 11.0. The summed E-state index contributed by atoms with van der Waals surface area (Å²) in [4.78, 5) is 0. The second kappa shape index (κ2) is 7.25. The van der Waals surface area contributed by atoms with Crippen LogP contribution >= 0.6 is 27.5 Å². The lowest BCUT2D eigenvalue weighted by atomic mass is 10.2. The second-order valence-electron chi connectivity index (χ2n) is 4.93. The molecule has 0 spiro atoms. The maximum atomic E-state index is 13.3. The van der Waals surface area contributed by atoms with E-state index in [4.69, 9.17) is 16.3 Å². The van der Waals surface area contributed by atoms with E-state index >= 15 is 0 Å². The summed E-state index contributed by atoms with van der Waals surface area (Å²) in [6, 6.07) is 10.1. The van der Waals surface area contributed by atoms with Gasteiger partial charge in [-0.05, 0) is 40.2 Å². The molecule has 2 rings (SSSR count). The minimum atomic E-state index is -0.350. The van der Waals surface area contributed by atoms with Crippen LogP contribution in [0.1, 0.15) is 19.4 Å². The van der Waals surface area contributed by atoms with E-state index in [9.17, 15) is 4.39 Å². The molecular formula is C16H16BrClFNO. The summed E-state index contributed by atoms with van der Waals surface area (Å²) >= 11 is 9.60. The van der Waals surface area contributed by atoms with Crippen molar-refractivity contribution in [3.05, 3.63) is 57.3 Å². The van der Waals surface area contributed by atoms with Gasteiger partial charge in [-0.15, -0.1) is 0 Å². The van der Waals surface area contributed by atoms with Crippen LogP contribution in [-0.2, 0) is 6.54 Å². The molecule has 0 aliphatic heterocycles. The maximum absolute atomic E-state index is 13.3. The fraction of sp³-hybridized carbons (Fsp3) is 0.250.